The normalized spacial score (nSPS) is 18.7. The number of ether oxygens (including phenoxy) is 1. The molecule has 1 N–H and O–H groups in total. The number of carbonyl (C=O) groups is 1. The molecule has 4 heterocycles. The number of aromatic nitrogens is 2. The SMILES string of the molecule is Cc1sc2ncn(CC(=O)NCCCN3CCCCCC3)c(=O)c2c1S(=O)(=O)N1CCOCC1. The fourth-order valence-electron chi connectivity index (χ4n) is 4.55. The number of carbonyl (C=O) groups excluding carboxylic acids is 1. The third kappa shape index (κ3) is 5.68. The van der Waals surface area contributed by atoms with E-state index in [0.29, 0.717) is 29.5 Å². The molecule has 12 heteroatoms. The van der Waals surface area contributed by atoms with E-state index < -0.39 is 15.6 Å². The number of rotatable bonds is 8. The van der Waals surface area contributed by atoms with Crippen molar-refractivity contribution in [3.8, 4) is 0 Å². The van der Waals surface area contributed by atoms with Gasteiger partial charge in [0.1, 0.15) is 16.3 Å². The summed E-state index contributed by atoms with van der Waals surface area (Å²) in [6.07, 6.45) is 7.22. The van der Waals surface area contributed by atoms with Gasteiger partial charge < -0.3 is 15.0 Å². The highest BCUT2D eigenvalue weighted by Gasteiger charge is 2.32. The summed E-state index contributed by atoms with van der Waals surface area (Å²) in [6.45, 7) is 6.33. The molecule has 4 rings (SSSR count). The molecule has 188 valence electrons. The van der Waals surface area contributed by atoms with Gasteiger partial charge in [0.15, 0.2) is 0 Å². The zero-order valence-electron chi connectivity index (χ0n) is 19.6. The number of thiophene rings is 1. The molecule has 0 radical (unpaired) electrons. The van der Waals surface area contributed by atoms with E-state index in [-0.39, 0.29) is 35.8 Å². The van der Waals surface area contributed by atoms with Crippen molar-refractivity contribution in [2.24, 2.45) is 0 Å². The van der Waals surface area contributed by atoms with Crippen LogP contribution >= 0.6 is 11.3 Å². The van der Waals surface area contributed by atoms with Crippen molar-refractivity contribution in [1.82, 2.24) is 24.1 Å². The Morgan fingerprint density at radius 2 is 1.85 bits per heavy atom. The second kappa shape index (κ2) is 11.3. The number of amides is 1. The van der Waals surface area contributed by atoms with Crippen molar-refractivity contribution in [1.29, 1.82) is 0 Å². The fourth-order valence-corrected chi connectivity index (χ4v) is 7.63. The van der Waals surface area contributed by atoms with Crippen LogP contribution in [0.25, 0.3) is 10.2 Å². The van der Waals surface area contributed by atoms with Crippen molar-refractivity contribution in [2.45, 2.75) is 50.5 Å². The molecule has 0 spiro atoms. The molecule has 0 atom stereocenters. The zero-order chi connectivity index (χ0) is 24.1. The van der Waals surface area contributed by atoms with Crippen LogP contribution in [0, 0.1) is 6.92 Å². The lowest BCUT2D eigenvalue weighted by Crippen LogP contribution is -2.41. The van der Waals surface area contributed by atoms with Gasteiger partial charge in [-0.15, -0.1) is 11.3 Å². The highest BCUT2D eigenvalue weighted by molar-refractivity contribution is 7.89. The average Bonchev–Trinajstić information content (AvgIpc) is 2.98. The van der Waals surface area contributed by atoms with Crippen molar-refractivity contribution < 1.29 is 17.9 Å². The average molecular weight is 512 g/mol. The molecule has 2 aliphatic heterocycles. The van der Waals surface area contributed by atoms with Crippen LogP contribution in [0.1, 0.15) is 37.0 Å². The first-order valence-electron chi connectivity index (χ1n) is 11.9. The fraction of sp³-hybridized carbons (Fsp3) is 0.682. The highest BCUT2D eigenvalue weighted by Crippen LogP contribution is 2.33. The van der Waals surface area contributed by atoms with E-state index in [1.54, 1.807) is 6.92 Å². The molecule has 34 heavy (non-hydrogen) atoms. The Morgan fingerprint density at radius 1 is 1.15 bits per heavy atom. The summed E-state index contributed by atoms with van der Waals surface area (Å²) < 4.78 is 34.4. The molecule has 2 aliphatic rings. The maximum Gasteiger partial charge on any atom is 0.263 e. The number of hydrogen-bond donors (Lipinski definition) is 1. The van der Waals surface area contributed by atoms with Crippen LogP contribution in [0.4, 0.5) is 0 Å². The van der Waals surface area contributed by atoms with Gasteiger partial charge in [0, 0.05) is 24.5 Å². The van der Waals surface area contributed by atoms with E-state index in [2.05, 4.69) is 15.2 Å². The summed E-state index contributed by atoms with van der Waals surface area (Å²) in [5.41, 5.74) is -0.513. The number of morpholine rings is 1. The van der Waals surface area contributed by atoms with Gasteiger partial charge in [-0.05, 0) is 45.8 Å². The van der Waals surface area contributed by atoms with Crippen molar-refractivity contribution in [2.75, 3.05) is 52.5 Å². The summed E-state index contributed by atoms with van der Waals surface area (Å²) >= 11 is 1.18. The van der Waals surface area contributed by atoms with Crippen LogP contribution in [-0.4, -0.2) is 85.6 Å². The summed E-state index contributed by atoms with van der Waals surface area (Å²) in [4.78, 5) is 33.3. The van der Waals surface area contributed by atoms with Gasteiger partial charge >= 0.3 is 0 Å². The van der Waals surface area contributed by atoms with E-state index >= 15 is 0 Å². The molecule has 2 fully saturated rings. The molecule has 0 aliphatic carbocycles. The largest absolute Gasteiger partial charge is 0.379 e. The minimum atomic E-state index is -3.87. The van der Waals surface area contributed by atoms with Gasteiger partial charge in [0.05, 0.1) is 24.9 Å². The minimum absolute atomic E-state index is 0.000826. The van der Waals surface area contributed by atoms with E-state index in [0.717, 1.165) is 26.1 Å². The lowest BCUT2D eigenvalue weighted by molar-refractivity contribution is -0.121. The number of aryl methyl sites for hydroxylation is 1. The minimum Gasteiger partial charge on any atom is -0.379 e. The monoisotopic (exact) mass is 511 g/mol. The summed E-state index contributed by atoms with van der Waals surface area (Å²) in [6, 6.07) is 0. The van der Waals surface area contributed by atoms with Gasteiger partial charge in [-0.25, -0.2) is 13.4 Å². The Balaban J connectivity index is 1.44. The Bertz CT molecular complexity index is 1160. The molecule has 2 aromatic heterocycles. The lowest BCUT2D eigenvalue weighted by atomic mass is 10.2. The summed E-state index contributed by atoms with van der Waals surface area (Å²) in [5.74, 6) is -0.288. The Morgan fingerprint density at radius 3 is 2.56 bits per heavy atom. The van der Waals surface area contributed by atoms with Gasteiger partial charge in [0.2, 0.25) is 15.9 Å². The van der Waals surface area contributed by atoms with Crippen molar-refractivity contribution >= 4 is 37.5 Å². The van der Waals surface area contributed by atoms with Crippen LogP contribution in [0.15, 0.2) is 16.0 Å². The van der Waals surface area contributed by atoms with E-state index in [1.807, 2.05) is 0 Å². The molecule has 0 bridgehead atoms. The van der Waals surface area contributed by atoms with Crippen molar-refractivity contribution in [3.05, 3.63) is 21.6 Å². The summed E-state index contributed by atoms with van der Waals surface area (Å²) in [7, 11) is -3.87. The highest BCUT2D eigenvalue weighted by atomic mass is 32.2. The molecule has 10 nitrogen and oxygen atoms in total. The van der Waals surface area contributed by atoms with Gasteiger partial charge in [-0.3, -0.25) is 14.2 Å². The Kier molecular flexibility index (Phi) is 8.35. The van der Waals surface area contributed by atoms with Crippen LogP contribution in [-0.2, 0) is 26.1 Å². The van der Waals surface area contributed by atoms with Gasteiger partial charge in [0.25, 0.3) is 5.56 Å². The number of fused-ring (bicyclic) bond motifs is 1. The quantitative estimate of drug-likeness (QED) is 0.529. The predicted molar refractivity (Wildman–Crippen MR) is 131 cm³/mol. The smallest absolute Gasteiger partial charge is 0.263 e. The number of nitrogens with one attached hydrogen (secondary N) is 1. The number of nitrogens with zero attached hydrogens (tertiary/aromatic N) is 4. The lowest BCUT2D eigenvalue weighted by Gasteiger charge is -2.26. The third-order valence-corrected chi connectivity index (χ3v) is 9.57. The molecule has 1 amide bonds. The molecular formula is C22H33N5O5S2. The first kappa shape index (κ1) is 25.2. The third-order valence-electron chi connectivity index (χ3n) is 6.35. The van der Waals surface area contributed by atoms with E-state index in [4.69, 9.17) is 4.74 Å². The maximum atomic E-state index is 13.3. The molecule has 0 saturated carbocycles. The number of sulfonamides is 1. The number of likely N-dealkylation sites (tertiary alicyclic amines) is 1. The maximum absolute atomic E-state index is 13.3. The number of hydrogen-bond acceptors (Lipinski definition) is 8. The molecular weight excluding hydrogens is 478 g/mol. The molecule has 0 unspecified atom stereocenters. The zero-order valence-corrected chi connectivity index (χ0v) is 21.3. The van der Waals surface area contributed by atoms with Gasteiger partial charge in [-0.1, -0.05) is 12.8 Å². The molecule has 2 aromatic rings. The van der Waals surface area contributed by atoms with Crippen molar-refractivity contribution in [3.63, 3.8) is 0 Å². The van der Waals surface area contributed by atoms with E-state index in [9.17, 15) is 18.0 Å². The topological polar surface area (TPSA) is 114 Å². The molecule has 2 saturated heterocycles. The van der Waals surface area contributed by atoms with Crippen LogP contribution < -0.4 is 10.9 Å². The predicted octanol–water partition coefficient (Wildman–Crippen LogP) is 1.17. The Hall–Kier alpha value is -1.86. The van der Waals surface area contributed by atoms with Gasteiger partial charge in [-0.2, -0.15) is 4.31 Å². The van der Waals surface area contributed by atoms with Crippen LogP contribution in [0.3, 0.4) is 0 Å². The van der Waals surface area contributed by atoms with Crippen LogP contribution in [0.5, 0.6) is 0 Å². The van der Waals surface area contributed by atoms with E-state index in [1.165, 1.54) is 52.2 Å². The second-order valence-electron chi connectivity index (χ2n) is 8.82. The standard InChI is InChI=1S/C22H33N5O5S2/c1-17-20(34(30,31)27-11-13-32-14-12-27)19-21(33-17)24-16-26(22(19)29)15-18(28)23-7-6-10-25-8-4-2-3-5-9-25/h16H,2-15H2,1H3,(H,23,28). The second-order valence-corrected chi connectivity index (χ2v) is 11.9. The van der Waals surface area contributed by atoms with Crippen LogP contribution in [0.2, 0.25) is 0 Å². The molecule has 0 aromatic carbocycles. The Labute approximate surface area is 203 Å². The summed E-state index contributed by atoms with van der Waals surface area (Å²) in [5, 5.41) is 2.93. The first-order valence-corrected chi connectivity index (χ1v) is 14.2. The first-order chi connectivity index (χ1) is 16.4.